The Balaban J connectivity index is 1.91. The monoisotopic (exact) mass is 418 g/mol. The number of rotatable bonds is 15. The molecule has 0 amide bonds. The molecule has 1 aromatic heterocycles. The maximum atomic E-state index is 10.6. The minimum atomic E-state index is -0.700. The maximum absolute atomic E-state index is 10.6. The first-order valence-electron chi connectivity index (χ1n) is 11.3. The number of carboxylic acid groups (broad SMARTS) is 1. The smallest absolute Gasteiger partial charge is 0.303 e. The maximum Gasteiger partial charge on any atom is 0.303 e. The first-order chi connectivity index (χ1) is 14.1. The highest BCUT2D eigenvalue weighted by molar-refractivity contribution is 6.31. The number of unbranched alkanes of at least 4 members (excludes halogenated alkanes) is 9. The van der Waals surface area contributed by atoms with E-state index in [9.17, 15) is 4.79 Å². The number of halogens is 1. The molecule has 0 aliphatic heterocycles. The second kappa shape index (κ2) is 13.5. The topological polar surface area (TPSA) is 63.1 Å². The lowest BCUT2D eigenvalue weighted by Gasteiger charge is -2.10. The third-order valence-corrected chi connectivity index (χ3v) is 5.59. The van der Waals surface area contributed by atoms with Crippen molar-refractivity contribution < 1.29 is 9.90 Å². The number of nitrogens with zero attached hydrogens (tertiary/aromatic N) is 2. The molecule has 160 valence electrons. The van der Waals surface area contributed by atoms with Gasteiger partial charge in [0, 0.05) is 11.4 Å². The van der Waals surface area contributed by atoms with Gasteiger partial charge in [-0.05, 0) is 50.3 Å². The molecular weight excluding hydrogens is 384 g/mol. The molecule has 0 saturated carbocycles. The Bertz CT molecular complexity index is 764. The summed E-state index contributed by atoms with van der Waals surface area (Å²) in [6, 6.07) is 5.74. The Morgan fingerprint density at radius 3 is 2.00 bits per heavy atom. The van der Waals surface area contributed by atoms with E-state index < -0.39 is 5.97 Å². The molecule has 1 aromatic carbocycles. The summed E-state index contributed by atoms with van der Waals surface area (Å²) in [6.07, 6.45) is 14.8. The van der Waals surface area contributed by atoms with Gasteiger partial charge in [0.1, 0.15) is 0 Å². The van der Waals surface area contributed by atoms with Crippen molar-refractivity contribution in [1.82, 2.24) is 9.97 Å². The van der Waals surface area contributed by atoms with Gasteiger partial charge in [-0.3, -0.25) is 4.79 Å². The number of aliphatic carboxylic acids is 1. The molecular formula is C24H35ClN2O2. The van der Waals surface area contributed by atoms with Gasteiger partial charge in [0.05, 0.1) is 22.4 Å². The zero-order chi connectivity index (χ0) is 20.9. The summed E-state index contributed by atoms with van der Waals surface area (Å²) in [7, 11) is 0. The van der Waals surface area contributed by atoms with Crippen LogP contribution in [-0.2, 0) is 17.6 Å². The lowest BCUT2D eigenvalue weighted by atomic mass is 10.0. The SMILES string of the molecule is CCCCCCCCc1nc2ccc(Cl)cc2nc1CCCCCCCC(=O)O. The zero-order valence-electron chi connectivity index (χ0n) is 17.8. The third-order valence-electron chi connectivity index (χ3n) is 5.35. The number of hydrogen-bond acceptors (Lipinski definition) is 3. The van der Waals surface area contributed by atoms with Crippen molar-refractivity contribution >= 4 is 28.6 Å². The van der Waals surface area contributed by atoms with Crippen molar-refractivity contribution in [3.63, 3.8) is 0 Å². The normalized spacial score (nSPS) is 11.2. The molecule has 0 unspecified atom stereocenters. The van der Waals surface area contributed by atoms with Gasteiger partial charge in [-0.2, -0.15) is 0 Å². The molecule has 0 saturated heterocycles. The summed E-state index contributed by atoms with van der Waals surface area (Å²) in [5, 5.41) is 9.40. The first kappa shape index (κ1) is 23.6. The van der Waals surface area contributed by atoms with Crippen LogP contribution in [0.5, 0.6) is 0 Å². The van der Waals surface area contributed by atoms with Gasteiger partial charge in [0.2, 0.25) is 0 Å². The van der Waals surface area contributed by atoms with Gasteiger partial charge in [0.25, 0.3) is 0 Å². The first-order valence-corrected chi connectivity index (χ1v) is 11.6. The highest BCUT2D eigenvalue weighted by atomic mass is 35.5. The Morgan fingerprint density at radius 1 is 0.828 bits per heavy atom. The quantitative estimate of drug-likeness (QED) is 0.312. The van der Waals surface area contributed by atoms with Crippen molar-refractivity contribution in [2.75, 3.05) is 0 Å². The van der Waals surface area contributed by atoms with Crippen molar-refractivity contribution in [3.8, 4) is 0 Å². The van der Waals surface area contributed by atoms with Crippen LogP contribution < -0.4 is 0 Å². The summed E-state index contributed by atoms with van der Waals surface area (Å²) in [5.74, 6) is -0.700. The fraction of sp³-hybridized carbons (Fsp3) is 0.625. The molecule has 0 atom stereocenters. The second-order valence-corrected chi connectivity index (χ2v) is 8.37. The lowest BCUT2D eigenvalue weighted by molar-refractivity contribution is -0.137. The minimum Gasteiger partial charge on any atom is -0.481 e. The molecule has 1 N–H and O–H groups in total. The fourth-order valence-corrected chi connectivity index (χ4v) is 3.84. The van der Waals surface area contributed by atoms with E-state index in [2.05, 4.69) is 6.92 Å². The minimum absolute atomic E-state index is 0.277. The van der Waals surface area contributed by atoms with Gasteiger partial charge in [0.15, 0.2) is 0 Å². The van der Waals surface area contributed by atoms with E-state index in [4.69, 9.17) is 26.7 Å². The van der Waals surface area contributed by atoms with Crippen LogP contribution in [0.3, 0.4) is 0 Å². The number of hydrogen-bond donors (Lipinski definition) is 1. The van der Waals surface area contributed by atoms with Crippen molar-refractivity contribution in [2.24, 2.45) is 0 Å². The molecule has 0 bridgehead atoms. The van der Waals surface area contributed by atoms with Gasteiger partial charge in [-0.25, -0.2) is 9.97 Å². The third kappa shape index (κ3) is 9.12. The number of carboxylic acids is 1. The van der Waals surface area contributed by atoms with Gasteiger partial charge in [-0.15, -0.1) is 0 Å². The van der Waals surface area contributed by atoms with E-state index in [1.165, 1.54) is 38.5 Å². The van der Waals surface area contributed by atoms with Gasteiger partial charge in [-0.1, -0.05) is 69.9 Å². The van der Waals surface area contributed by atoms with E-state index in [0.717, 1.165) is 67.4 Å². The highest BCUT2D eigenvalue weighted by Crippen LogP contribution is 2.21. The Hall–Kier alpha value is -1.68. The van der Waals surface area contributed by atoms with Crippen LogP contribution in [0.4, 0.5) is 0 Å². The number of benzene rings is 1. The molecule has 1 heterocycles. The molecule has 0 aliphatic rings. The van der Waals surface area contributed by atoms with E-state index >= 15 is 0 Å². The standard InChI is InChI=1S/C24H35ClN2O2/c1-2-3-4-5-7-10-13-20-21(14-11-8-6-9-12-15-24(28)29)27-23-18-19(25)16-17-22(23)26-20/h16-18H,2-15H2,1H3,(H,28,29). The molecule has 2 rings (SSSR count). The fourth-order valence-electron chi connectivity index (χ4n) is 3.67. The average molecular weight is 419 g/mol. The molecule has 2 aromatic rings. The Kier molecular flexibility index (Phi) is 11.0. The van der Waals surface area contributed by atoms with Gasteiger partial charge < -0.3 is 5.11 Å². The Morgan fingerprint density at radius 2 is 1.38 bits per heavy atom. The van der Waals surface area contributed by atoms with E-state index in [-0.39, 0.29) is 6.42 Å². The van der Waals surface area contributed by atoms with Crippen molar-refractivity contribution in [1.29, 1.82) is 0 Å². The van der Waals surface area contributed by atoms with Gasteiger partial charge >= 0.3 is 5.97 Å². The lowest BCUT2D eigenvalue weighted by Crippen LogP contribution is -2.03. The molecule has 0 spiro atoms. The molecule has 0 aliphatic carbocycles. The van der Waals surface area contributed by atoms with Crippen LogP contribution in [0.1, 0.15) is 95.4 Å². The Labute approximate surface area is 180 Å². The van der Waals surface area contributed by atoms with E-state index in [1.807, 2.05) is 18.2 Å². The average Bonchev–Trinajstić information content (AvgIpc) is 2.69. The van der Waals surface area contributed by atoms with Crippen LogP contribution in [-0.4, -0.2) is 21.0 Å². The van der Waals surface area contributed by atoms with E-state index in [1.54, 1.807) is 0 Å². The molecule has 0 radical (unpaired) electrons. The summed E-state index contributed by atoms with van der Waals surface area (Å²) in [6.45, 7) is 2.25. The summed E-state index contributed by atoms with van der Waals surface area (Å²) in [5.41, 5.74) is 4.05. The zero-order valence-corrected chi connectivity index (χ0v) is 18.5. The van der Waals surface area contributed by atoms with Crippen LogP contribution in [0.15, 0.2) is 18.2 Å². The van der Waals surface area contributed by atoms with Crippen molar-refractivity contribution in [3.05, 3.63) is 34.6 Å². The van der Waals surface area contributed by atoms with E-state index in [0.29, 0.717) is 5.02 Å². The number of aromatic nitrogens is 2. The molecule has 0 fully saturated rings. The van der Waals surface area contributed by atoms with Crippen LogP contribution in [0.2, 0.25) is 5.02 Å². The predicted molar refractivity (Wildman–Crippen MR) is 121 cm³/mol. The molecule has 29 heavy (non-hydrogen) atoms. The number of fused-ring (bicyclic) bond motifs is 1. The van der Waals surface area contributed by atoms with Crippen LogP contribution >= 0.6 is 11.6 Å². The number of carbonyl (C=O) groups is 1. The molecule has 5 heteroatoms. The number of aryl methyl sites for hydroxylation is 2. The predicted octanol–water partition coefficient (Wildman–Crippen LogP) is 7.15. The summed E-state index contributed by atoms with van der Waals surface area (Å²) >= 11 is 6.14. The van der Waals surface area contributed by atoms with Crippen molar-refractivity contribution in [2.45, 2.75) is 96.8 Å². The highest BCUT2D eigenvalue weighted by Gasteiger charge is 2.10. The summed E-state index contributed by atoms with van der Waals surface area (Å²) in [4.78, 5) is 20.4. The largest absolute Gasteiger partial charge is 0.481 e. The molecule has 4 nitrogen and oxygen atoms in total. The van der Waals surface area contributed by atoms with Crippen LogP contribution in [0.25, 0.3) is 11.0 Å². The summed E-state index contributed by atoms with van der Waals surface area (Å²) < 4.78 is 0. The van der Waals surface area contributed by atoms with Crippen LogP contribution in [0, 0.1) is 0 Å². The second-order valence-electron chi connectivity index (χ2n) is 7.93.